The van der Waals surface area contributed by atoms with Crippen LogP contribution in [0.3, 0.4) is 0 Å². The number of hydrogen-bond donors (Lipinski definition) is 0. The van der Waals surface area contributed by atoms with E-state index in [2.05, 4.69) is 64.1 Å². The third-order valence-electron chi connectivity index (χ3n) is 3.16. The van der Waals surface area contributed by atoms with E-state index >= 15 is 0 Å². The normalized spacial score (nSPS) is 12.8. The average Bonchev–Trinajstić information content (AvgIpc) is 2.88. The van der Waals surface area contributed by atoms with E-state index < -0.39 is 0 Å². The molecule has 0 N–H and O–H groups in total. The summed E-state index contributed by atoms with van der Waals surface area (Å²) in [6.07, 6.45) is 4.84. The number of hydrogen-bond acceptors (Lipinski definition) is 2. The first-order chi connectivity index (χ1) is 9.18. The zero-order valence-corrected chi connectivity index (χ0v) is 13.0. The highest BCUT2D eigenvalue weighted by molar-refractivity contribution is 9.09. The van der Waals surface area contributed by atoms with Crippen molar-refractivity contribution in [1.82, 2.24) is 14.8 Å². The summed E-state index contributed by atoms with van der Waals surface area (Å²) in [7, 11) is 0. The summed E-state index contributed by atoms with van der Waals surface area (Å²) < 4.78 is 2.01. The summed E-state index contributed by atoms with van der Waals surface area (Å²) in [6, 6.07) is 10.9. The van der Waals surface area contributed by atoms with E-state index in [1.54, 1.807) is 6.33 Å². The van der Waals surface area contributed by atoms with Gasteiger partial charge in [0.1, 0.15) is 12.2 Å². The van der Waals surface area contributed by atoms with Crippen LogP contribution in [0.25, 0.3) is 0 Å². The van der Waals surface area contributed by atoms with Crippen molar-refractivity contribution in [1.29, 1.82) is 0 Å². The molecule has 2 rings (SSSR count). The molecule has 1 unspecified atom stereocenters. The quantitative estimate of drug-likeness (QED) is 0.742. The molecule has 0 radical (unpaired) electrons. The van der Waals surface area contributed by atoms with Crippen LogP contribution in [0.15, 0.2) is 36.7 Å². The number of rotatable bonds is 6. The number of aromatic nitrogens is 3. The van der Waals surface area contributed by atoms with Crippen molar-refractivity contribution in [2.45, 2.75) is 44.0 Å². The Balaban J connectivity index is 1.85. The van der Waals surface area contributed by atoms with Gasteiger partial charge < -0.3 is 0 Å². The molecule has 0 saturated carbocycles. The zero-order valence-electron chi connectivity index (χ0n) is 11.5. The van der Waals surface area contributed by atoms with E-state index in [4.69, 9.17) is 0 Å². The van der Waals surface area contributed by atoms with E-state index in [0.29, 0.717) is 10.9 Å². The fraction of sp³-hybridized carbons (Fsp3) is 0.467. The Morgan fingerprint density at radius 3 is 2.63 bits per heavy atom. The van der Waals surface area contributed by atoms with Crippen LogP contribution in [0.2, 0.25) is 0 Å². The minimum atomic E-state index is 0.381. The minimum absolute atomic E-state index is 0.381. The minimum Gasteiger partial charge on any atom is -0.248 e. The molecule has 0 spiro atoms. The van der Waals surface area contributed by atoms with Crippen molar-refractivity contribution in [2.24, 2.45) is 0 Å². The molecule has 0 aliphatic carbocycles. The first-order valence-electron chi connectivity index (χ1n) is 6.76. The molecule has 3 nitrogen and oxygen atoms in total. The number of alkyl halides is 1. The molecule has 0 aliphatic rings. The van der Waals surface area contributed by atoms with Gasteiger partial charge in [-0.05, 0) is 32.3 Å². The highest BCUT2D eigenvalue weighted by Crippen LogP contribution is 2.27. The number of aryl methyl sites for hydroxylation is 1. The largest absolute Gasteiger partial charge is 0.248 e. The van der Waals surface area contributed by atoms with Crippen LogP contribution >= 0.6 is 15.9 Å². The summed E-state index contributed by atoms with van der Waals surface area (Å²) in [4.78, 5) is 4.76. The van der Waals surface area contributed by atoms with Crippen LogP contribution < -0.4 is 0 Å². The molecule has 0 aliphatic heterocycles. The smallest absolute Gasteiger partial charge is 0.138 e. The SMILES string of the molecule is CC(C)n1ncnc1CCCC(Br)c1ccccc1. The van der Waals surface area contributed by atoms with Crippen LogP contribution in [0, 0.1) is 0 Å². The fourth-order valence-corrected chi connectivity index (χ4v) is 2.78. The summed E-state index contributed by atoms with van der Waals surface area (Å²) in [5.41, 5.74) is 1.34. The van der Waals surface area contributed by atoms with Crippen LogP contribution in [0.1, 0.15) is 48.9 Å². The third kappa shape index (κ3) is 3.90. The van der Waals surface area contributed by atoms with Gasteiger partial charge in [-0.2, -0.15) is 5.10 Å². The molecule has 0 bridgehead atoms. The lowest BCUT2D eigenvalue weighted by molar-refractivity contribution is 0.498. The summed E-state index contributed by atoms with van der Waals surface area (Å²) in [6.45, 7) is 4.27. The van der Waals surface area contributed by atoms with Gasteiger partial charge in [0.15, 0.2) is 0 Å². The van der Waals surface area contributed by atoms with E-state index in [-0.39, 0.29) is 0 Å². The molecule has 1 aromatic heterocycles. The lowest BCUT2D eigenvalue weighted by atomic mass is 10.1. The van der Waals surface area contributed by atoms with Gasteiger partial charge in [0.2, 0.25) is 0 Å². The Morgan fingerprint density at radius 2 is 1.95 bits per heavy atom. The molecule has 19 heavy (non-hydrogen) atoms. The van der Waals surface area contributed by atoms with Gasteiger partial charge in [0.05, 0.1) is 0 Å². The topological polar surface area (TPSA) is 30.7 Å². The van der Waals surface area contributed by atoms with Crippen LogP contribution in [-0.2, 0) is 6.42 Å². The second-order valence-corrected chi connectivity index (χ2v) is 6.09. The van der Waals surface area contributed by atoms with Crippen LogP contribution in [0.4, 0.5) is 0 Å². The molecule has 0 saturated heterocycles. The summed E-state index contributed by atoms with van der Waals surface area (Å²) in [5, 5.41) is 4.27. The predicted octanol–water partition coefficient (Wildman–Crippen LogP) is 4.32. The van der Waals surface area contributed by atoms with Gasteiger partial charge in [0, 0.05) is 17.3 Å². The molecule has 4 heteroatoms. The van der Waals surface area contributed by atoms with Gasteiger partial charge in [-0.25, -0.2) is 9.67 Å². The molecule has 0 fully saturated rings. The van der Waals surface area contributed by atoms with Crippen molar-refractivity contribution in [3.63, 3.8) is 0 Å². The highest BCUT2D eigenvalue weighted by Gasteiger charge is 2.10. The summed E-state index contributed by atoms with van der Waals surface area (Å²) >= 11 is 3.75. The maximum Gasteiger partial charge on any atom is 0.138 e. The molecule has 102 valence electrons. The van der Waals surface area contributed by atoms with Crippen LogP contribution in [-0.4, -0.2) is 14.8 Å². The average molecular weight is 322 g/mol. The van der Waals surface area contributed by atoms with E-state index in [0.717, 1.165) is 25.1 Å². The Bertz CT molecular complexity index is 493. The maximum absolute atomic E-state index is 4.34. The van der Waals surface area contributed by atoms with Gasteiger partial charge in [0.25, 0.3) is 0 Å². The van der Waals surface area contributed by atoms with E-state index in [1.165, 1.54) is 5.56 Å². The van der Waals surface area contributed by atoms with E-state index in [9.17, 15) is 0 Å². The number of benzene rings is 1. The summed E-state index contributed by atoms with van der Waals surface area (Å²) in [5.74, 6) is 1.09. The lowest BCUT2D eigenvalue weighted by Gasteiger charge is -2.11. The molecule has 2 aromatic rings. The van der Waals surface area contributed by atoms with Gasteiger partial charge in [-0.15, -0.1) is 0 Å². The van der Waals surface area contributed by atoms with Crippen molar-refractivity contribution >= 4 is 15.9 Å². The molecule has 1 atom stereocenters. The second-order valence-electron chi connectivity index (χ2n) is 4.99. The Morgan fingerprint density at radius 1 is 1.21 bits per heavy atom. The molecule has 1 aromatic carbocycles. The monoisotopic (exact) mass is 321 g/mol. The first-order valence-corrected chi connectivity index (χ1v) is 7.67. The molecule has 1 heterocycles. The maximum atomic E-state index is 4.34. The van der Waals surface area contributed by atoms with Crippen molar-refractivity contribution in [2.75, 3.05) is 0 Å². The molecular formula is C15H20BrN3. The number of halogens is 1. The van der Waals surface area contributed by atoms with E-state index in [1.807, 2.05) is 10.7 Å². The third-order valence-corrected chi connectivity index (χ3v) is 4.14. The fourth-order valence-electron chi connectivity index (χ4n) is 2.15. The Hall–Kier alpha value is -1.16. The molecular weight excluding hydrogens is 302 g/mol. The van der Waals surface area contributed by atoms with Crippen LogP contribution in [0.5, 0.6) is 0 Å². The van der Waals surface area contributed by atoms with Crippen molar-refractivity contribution in [3.05, 3.63) is 48.0 Å². The second kappa shape index (κ2) is 6.85. The van der Waals surface area contributed by atoms with Gasteiger partial charge >= 0.3 is 0 Å². The predicted molar refractivity (Wildman–Crippen MR) is 81.5 cm³/mol. The highest BCUT2D eigenvalue weighted by atomic mass is 79.9. The van der Waals surface area contributed by atoms with Crippen molar-refractivity contribution < 1.29 is 0 Å². The Kier molecular flexibility index (Phi) is 5.14. The number of nitrogens with zero attached hydrogens (tertiary/aromatic N) is 3. The van der Waals surface area contributed by atoms with Gasteiger partial charge in [-0.1, -0.05) is 46.3 Å². The zero-order chi connectivity index (χ0) is 13.7. The molecule has 0 amide bonds. The first kappa shape index (κ1) is 14.3. The Labute approximate surface area is 123 Å². The standard InChI is InChI=1S/C15H20BrN3/c1-12(2)19-15(17-11-18-19)10-6-9-14(16)13-7-4-3-5-8-13/h3-5,7-8,11-12,14H,6,9-10H2,1-2H3. The lowest BCUT2D eigenvalue weighted by Crippen LogP contribution is -2.08. The van der Waals surface area contributed by atoms with Gasteiger partial charge in [-0.3, -0.25) is 0 Å². The van der Waals surface area contributed by atoms with Crippen molar-refractivity contribution in [3.8, 4) is 0 Å².